The fourth-order valence-corrected chi connectivity index (χ4v) is 2.54. The molecule has 2 aromatic carbocycles. The monoisotopic (exact) mass is 346 g/mol. The lowest BCUT2D eigenvalue weighted by molar-refractivity contribution is -0.141. The van der Waals surface area contributed by atoms with Crippen LogP contribution in [0.3, 0.4) is 0 Å². The summed E-state index contributed by atoms with van der Waals surface area (Å²) in [5, 5.41) is 3.04. The van der Waals surface area contributed by atoms with Crippen LogP contribution in [0, 0.1) is 0 Å². The molecule has 3 aromatic rings. The maximum atomic E-state index is 12.9. The predicted octanol–water partition coefficient (Wildman–Crippen LogP) is 3.82. The molecule has 1 N–H and O–H groups in total. The molecule has 0 spiro atoms. The molecule has 0 aliphatic heterocycles. The average molecular weight is 346 g/mol. The van der Waals surface area contributed by atoms with Crippen LogP contribution < -0.4 is 10.9 Å². The Bertz CT molecular complexity index is 979. The van der Waals surface area contributed by atoms with Crippen molar-refractivity contribution in [1.82, 2.24) is 4.57 Å². The Morgan fingerprint density at radius 3 is 2.32 bits per heavy atom. The van der Waals surface area contributed by atoms with E-state index in [1.165, 1.54) is 12.1 Å². The summed E-state index contributed by atoms with van der Waals surface area (Å²) in [5.41, 5.74) is -0.773. The second-order valence-electron chi connectivity index (χ2n) is 5.44. The topological polar surface area (TPSA) is 51.1 Å². The van der Waals surface area contributed by atoms with Crippen molar-refractivity contribution in [3.8, 4) is 0 Å². The lowest BCUT2D eigenvalue weighted by Gasteiger charge is -2.16. The van der Waals surface area contributed by atoms with Crippen molar-refractivity contribution in [3.63, 3.8) is 0 Å². The van der Waals surface area contributed by atoms with Crippen molar-refractivity contribution in [2.75, 3.05) is 5.32 Å². The van der Waals surface area contributed by atoms with Gasteiger partial charge in [-0.2, -0.15) is 13.2 Å². The number of nitrogens with zero attached hydrogens (tertiary/aromatic N) is 1. The molecule has 3 rings (SSSR count). The van der Waals surface area contributed by atoms with Gasteiger partial charge in [-0.1, -0.05) is 36.4 Å². The molecule has 0 radical (unpaired) electrons. The van der Waals surface area contributed by atoms with Crippen LogP contribution in [0.4, 0.5) is 18.9 Å². The molecule has 0 atom stereocenters. The van der Waals surface area contributed by atoms with E-state index >= 15 is 0 Å². The standard InChI is InChI=1S/C18H13F3N2O2/c19-18(20,21)11-23-15(16(24)22-13-7-2-1-3-8-13)10-12-6-4-5-9-14(12)17(23)25/h1-10H,11H2,(H,22,24). The molecule has 0 aliphatic carbocycles. The van der Waals surface area contributed by atoms with E-state index in [0.29, 0.717) is 15.6 Å². The third kappa shape index (κ3) is 3.71. The second kappa shape index (κ2) is 6.43. The van der Waals surface area contributed by atoms with Gasteiger partial charge in [0, 0.05) is 11.1 Å². The van der Waals surface area contributed by atoms with E-state index in [9.17, 15) is 22.8 Å². The van der Waals surface area contributed by atoms with E-state index < -0.39 is 24.2 Å². The Morgan fingerprint density at radius 2 is 1.64 bits per heavy atom. The van der Waals surface area contributed by atoms with Crippen LogP contribution in [0.5, 0.6) is 0 Å². The molecule has 0 saturated carbocycles. The summed E-state index contributed by atoms with van der Waals surface area (Å²) in [6.07, 6.45) is -4.63. The third-order valence-corrected chi connectivity index (χ3v) is 3.62. The SMILES string of the molecule is O=C(Nc1ccccc1)c1cc2ccccc2c(=O)n1CC(F)(F)F. The smallest absolute Gasteiger partial charge is 0.321 e. The molecule has 0 saturated heterocycles. The van der Waals surface area contributed by atoms with Crippen LogP contribution in [0.25, 0.3) is 10.8 Å². The molecule has 25 heavy (non-hydrogen) atoms. The fourth-order valence-electron chi connectivity index (χ4n) is 2.54. The number of halogens is 3. The Hall–Kier alpha value is -3.09. The van der Waals surface area contributed by atoms with Crippen LogP contribution in [0.1, 0.15) is 10.5 Å². The molecule has 1 heterocycles. The molecular formula is C18H13F3N2O2. The van der Waals surface area contributed by atoms with Gasteiger partial charge in [-0.15, -0.1) is 0 Å². The van der Waals surface area contributed by atoms with Gasteiger partial charge in [-0.05, 0) is 29.7 Å². The highest BCUT2D eigenvalue weighted by Crippen LogP contribution is 2.20. The molecule has 4 nitrogen and oxygen atoms in total. The van der Waals surface area contributed by atoms with Gasteiger partial charge in [-0.3, -0.25) is 14.2 Å². The third-order valence-electron chi connectivity index (χ3n) is 3.62. The number of hydrogen-bond donors (Lipinski definition) is 1. The molecule has 0 unspecified atom stereocenters. The minimum absolute atomic E-state index is 0.128. The summed E-state index contributed by atoms with van der Waals surface area (Å²) < 4.78 is 39.2. The van der Waals surface area contributed by atoms with Crippen molar-refractivity contribution in [2.24, 2.45) is 0 Å². The van der Waals surface area contributed by atoms with Crippen LogP contribution in [-0.2, 0) is 6.54 Å². The molecule has 128 valence electrons. The summed E-state index contributed by atoms with van der Waals surface area (Å²) in [4.78, 5) is 24.9. The molecular weight excluding hydrogens is 333 g/mol. The predicted molar refractivity (Wildman–Crippen MR) is 88.7 cm³/mol. The lowest BCUT2D eigenvalue weighted by Crippen LogP contribution is -2.33. The van der Waals surface area contributed by atoms with Crippen LogP contribution in [-0.4, -0.2) is 16.7 Å². The van der Waals surface area contributed by atoms with Gasteiger partial charge in [0.1, 0.15) is 12.2 Å². The van der Waals surface area contributed by atoms with Crippen LogP contribution in [0.2, 0.25) is 0 Å². The summed E-state index contributed by atoms with van der Waals surface area (Å²) in [7, 11) is 0. The Morgan fingerprint density at radius 1 is 1.00 bits per heavy atom. The molecule has 0 aliphatic rings. The maximum absolute atomic E-state index is 12.9. The first-order valence-electron chi connectivity index (χ1n) is 7.41. The molecule has 0 bridgehead atoms. The molecule has 7 heteroatoms. The number of amides is 1. The number of hydrogen-bond acceptors (Lipinski definition) is 2. The highest BCUT2D eigenvalue weighted by Gasteiger charge is 2.31. The number of rotatable bonds is 3. The van der Waals surface area contributed by atoms with Gasteiger partial charge in [0.15, 0.2) is 0 Å². The number of carbonyl (C=O) groups excluding carboxylic acids is 1. The Labute approximate surface area is 140 Å². The highest BCUT2D eigenvalue weighted by molar-refractivity contribution is 6.05. The summed E-state index contributed by atoms with van der Waals surface area (Å²) in [5.74, 6) is -0.779. The van der Waals surface area contributed by atoms with Gasteiger partial charge in [0.25, 0.3) is 11.5 Å². The average Bonchev–Trinajstić information content (AvgIpc) is 2.57. The van der Waals surface area contributed by atoms with E-state index in [1.807, 2.05) is 0 Å². The zero-order valence-corrected chi connectivity index (χ0v) is 12.9. The number of aromatic nitrogens is 1. The largest absolute Gasteiger partial charge is 0.406 e. The number of anilines is 1. The van der Waals surface area contributed by atoms with Crippen LogP contribution >= 0.6 is 0 Å². The van der Waals surface area contributed by atoms with Crippen molar-refractivity contribution in [3.05, 3.63) is 76.7 Å². The van der Waals surface area contributed by atoms with Crippen molar-refractivity contribution >= 4 is 22.4 Å². The number of para-hydroxylation sites is 1. The van der Waals surface area contributed by atoms with E-state index in [1.54, 1.807) is 48.5 Å². The minimum atomic E-state index is -4.63. The van der Waals surface area contributed by atoms with Gasteiger partial charge >= 0.3 is 6.18 Å². The van der Waals surface area contributed by atoms with E-state index in [0.717, 1.165) is 0 Å². The van der Waals surface area contributed by atoms with Crippen LogP contribution in [0.15, 0.2) is 65.5 Å². The summed E-state index contributed by atoms with van der Waals surface area (Å²) in [6.45, 7) is -1.53. The van der Waals surface area contributed by atoms with E-state index in [2.05, 4.69) is 5.32 Å². The number of benzene rings is 2. The van der Waals surface area contributed by atoms with Gasteiger partial charge in [-0.25, -0.2) is 0 Å². The first-order chi connectivity index (χ1) is 11.8. The zero-order chi connectivity index (χ0) is 18.0. The van der Waals surface area contributed by atoms with Crippen molar-refractivity contribution < 1.29 is 18.0 Å². The normalized spacial score (nSPS) is 11.5. The number of carbonyl (C=O) groups is 1. The summed E-state index contributed by atoms with van der Waals surface area (Å²) >= 11 is 0. The van der Waals surface area contributed by atoms with Gasteiger partial charge in [0.2, 0.25) is 0 Å². The lowest BCUT2D eigenvalue weighted by atomic mass is 10.1. The van der Waals surface area contributed by atoms with Crippen molar-refractivity contribution in [2.45, 2.75) is 12.7 Å². The van der Waals surface area contributed by atoms with E-state index in [4.69, 9.17) is 0 Å². The first kappa shape index (κ1) is 16.8. The van der Waals surface area contributed by atoms with Crippen molar-refractivity contribution in [1.29, 1.82) is 0 Å². The van der Waals surface area contributed by atoms with Gasteiger partial charge in [0.05, 0.1) is 0 Å². The highest BCUT2D eigenvalue weighted by atomic mass is 19.4. The summed E-state index contributed by atoms with van der Waals surface area (Å²) in [6, 6.07) is 15.8. The molecule has 1 amide bonds. The molecule has 0 fully saturated rings. The maximum Gasteiger partial charge on any atom is 0.406 e. The quantitative estimate of drug-likeness (QED) is 0.784. The number of pyridine rings is 1. The molecule has 1 aromatic heterocycles. The second-order valence-corrected chi connectivity index (χ2v) is 5.44. The number of fused-ring (bicyclic) bond motifs is 1. The minimum Gasteiger partial charge on any atom is -0.321 e. The first-order valence-corrected chi connectivity index (χ1v) is 7.41. The number of nitrogens with one attached hydrogen (secondary N) is 1. The van der Waals surface area contributed by atoms with Gasteiger partial charge < -0.3 is 5.32 Å². The van der Waals surface area contributed by atoms with E-state index in [-0.39, 0.29) is 11.1 Å². The number of alkyl halides is 3. The fraction of sp³-hybridized carbons (Fsp3) is 0.111. The Balaban J connectivity index is 2.13. The Kier molecular flexibility index (Phi) is 4.31. The zero-order valence-electron chi connectivity index (χ0n) is 12.9.